The van der Waals surface area contributed by atoms with E-state index in [1.54, 1.807) is 0 Å². The van der Waals surface area contributed by atoms with Crippen LogP contribution in [-0.2, 0) is 12.8 Å². The molecule has 19 heavy (non-hydrogen) atoms. The number of anilines is 1. The molecule has 1 aromatic rings. The summed E-state index contributed by atoms with van der Waals surface area (Å²) in [4.78, 5) is 0. The summed E-state index contributed by atoms with van der Waals surface area (Å²) in [6, 6.07) is 4.45. The predicted molar refractivity (Wildman–Crippen MR) is 89.0 cm³/mol. The maximum atomic E-state index is 5.34. The van der Waals surface area contributed by atoms with Crippen LogP contribution >= 0.6 is 12.2 Å². The molecule has 2 N–H and O–H groups in total. The van der Waals surface area contributed by atoms with Gasteiger partial charge in [0.1, 0.15) is 0 Å². The molecule has 0 atom stereocenters. The van der Waals surface area contributed by atoms with Gasteiger partial charge in [-0.2, -0.15) is 0 Å². The van der Waals surface area contributed by atoms with Gasteiger partial charge in [0.2, 0.25) is 0 Å². The van der Waals surface area contributed by atoms with Crippen molar-refractivity contribution in [1.29, 1.82) is 0 Å². The van der Waals surface area contributed by atoms with Crippen LogP contribution in [-0.4, -0.2) is 11.7 Å². The number of rotatable bonds is 5. The number of aryl methyl sites for hydroxylation is 3. The zero-order chi connectivity index (χ0) is 14.4. The zero-order valence-electron chi connectivity index (χ0n) is 12.4. The van der Waals surface area contributed by atoms with Crippen molar-refractivity contribution in [3.05, 3.63) is 41.0 Å². The van der Waals surface area contributed by atoms with E-state index in [0.717, 1.165) is 24.1 Å². The molecule has 0 radical (unpaired) electrons. The van der Waals surface area contributed by atoms with Gasteiger partial charge in [-0.3, -0.25) is 0 Å². The maximum absolute atomic E-state index is 5.34. The van der Waals surface area contributed by atoms with E-state index in [2.05, 4.69) is 50.1 Å². The Morgan fingerprint density at radius 3 is 2.16 bits per heavy atom. The first-order valence-electron chi connectivity index (χ1n) is 6.79. The van der Waals surface area contributed by atoms with Crippen molar-refractivity contribution >= 4 is 23.0 Å². The predicted octanol–water partition coefficient (Wildman–Crippen LogP) is 3.98. The normalized spacial score (nSPS) is 10.1. The first-order chi connectivity index (χ1) is 8.97. The van der Waals surface area contributed by atoms with Gasteiger partial charge < -0.3 is 10.6 Å². The van der Waals surface area contributed by atoms with Crippen molar-refractivity contribution < 1.29 is 0 Å². The molecular formula is C16H24N2S. The molecular weight excluding hydrogens is 252 g/mol. The highest BCUT2D eigenvalue weighted by Gasteiger charge is 2.09. The van der Waals surface area contributed by atoms with Crippen molar-refractivity contribution in [1.82, 2.24) is 5.32 Å². The molecule has 0 bridgehead atoms. The fourth-order valence-electron chi connectivity index (χ4n) is 2.05. The lowest BCUT2D eigenvalue weighted by molar-refractivity contribution is 0.996. The van der Waals surface area contributed by atoms with Crippen LogP contribution in [0.15, 0.2) is 24.3 Å². The van der Waals surface area contributed by atoms with E-state index >= 15 is 0 Å². The lowest BCUT2D eigenvalue weighted by atomic mass is 10.00. The van der Waals surface area contributed by atoms with Gasteiger partial charge in [-0.25, -0.2) is 0 Å². The van der Waals surface area contributed by atoms with Crippen molar-refractivity contribution in [2.75, 3.05) is 11.9 Å². The van der Waals surface area contributed by atoms with E-state index in [1.807, 2.05) is 6.92 Å². The Labute approximate surface area is 122 Å². The van der Waals surface area contributed by atoms with Gasteiger partial charge in [0, 0.05) is 12.2 Å². The van der Waals surface area contributed by atoms with E-state index in [4.69, 9.17) is 12.2 Å². The summed E-state index contributed by atoms with van der Waals surface area (Å²) in [6.07, 6.45) is 2.00. The summed E-state index contributed by atoms with van der Waals surface area (Å²) in [5.74, 6) is 0. The molecule has 2 nitrogen and oxygen atoms in total. The standard InChI is InChI=1S/C16H24N2S/c1-6-13-8-12(5)9-14(7-2)15(13)18-16(19)17-10-11(3)4/h8-9H,3,6-7,10H2,1-2,4-5H3,(H2,17,18,19). The quantitative estimate of drug-likeness (QED) is 0.628. The van der Waals surface area contributed by atoms with Gasteiger partial charge in [-0.05, 0) is 50.0 Å². The molecule has 0 saturated carbocycles. The van der Waals surface area contributed by atoms with Crippen LogP contribution in [0.1, 0.15) is 37.5 Å². The van der Waals surface area contributed by atoms with Gasteiger partial charge >= 0.3 is 0 Å². The van der Waals surface area contributed by atoms with Crippen LogP contribution in [0, 0.1) is 6.92 Å². The van der Waals surface area contributed by atoms with Crippen molar-refractivity contribution in [2.45, 2.75) is 40.5 Å². The average Bonchev–Trinajstić information content (AvgIpc) is 2.37. The van der Waals surface area contributed by atoms with Crippen LogP contribution in [0.4, 0.5) is 5.69 Å². The van der Waals surface area contributed by atoms with E-state index in [9.17, 15) is 0 Å². The van der Waals surface area contributed by atoms with Gasteiger partial charge in [0.05, 0.1) is 0 Å². The van der Waals surface area contributed by atoms with E-state index in [0.29, 0.717) is 11.7 Å². The topological polar surface area (TPSA) is 24.1 Å². The number of nitrogens with one attached hydrogen (secondary N) is 2. The molecule has 3 heteroatoms. The van der Waals surface area contributed by atoms with Gasteiger partial charge in [-0.15, -0.1) is 0 Å². The number of hydrogen-bond donors (Lipinski definition) is 2. The highest BCUT2D eigenvalue weighted by atomic mass is 32.1. The summed E-state index contributed by atoms with van der Waals surface area (Å²) in [5.41, 5.74) is 6.17. The van der Waals surface area contributed by atoms with Crippen LogP contribution in [0.5, 0.6) is 0 Å². The van der Waals surface area contributed by atoms with Crippen molar-refractivity contribution in [3.63, 3.8) is 0 Å². The maximum Gasteiger partial charge on any atom is 0.171 e. The summed E-state index contributed by atoms with van der Waals surface area (Å²) < 4.78 is 0. The summed E-state index contributed by atoms with van der Waals surface area (Å²) >= 11 is 5.34. The molecule has 0 aliphatic heterocycles. The van der Waals surface area contributed by atoms with Crippen LogP contribution in [0.2, 0.25) is 0 Å². The second-order valence-electron chi connectivity index (χ2n) is 4.93. The Hall–Kier alpha value is -1.35. The molecule has 0 spiro atoms. The third-order valence-corrected chi connectivity index (χ3v) is 3.24. The first-order valence-corrected chi connectivity index (χ1v) is 7.20. The van der Waals surface area contributed by atoms with Crippen molar-refractivity contribution in [2.24, 2.45) is 0 Å². The smallest absolute Gasteiger partial charge is 0.171 e. The Kier molecular flexibility index (Phi) is 6.03. The fraction of sp³-hybridized carbons (Fsp3) is 0.438. The minimum Gasteiger partial charge on any atom is -0.359 e. The molecule has 0 fully saturated rings. The highest BCUT2D eigenvalue weighted by Crippen LogP contribution is 2.24. The second kappa shape index (κ2) is 7.29. The molecule has 0 aliphatic carbocycles. The van der Waals surface area contributed by atoms with Crippen LogP contribution in [0.3, 0.4) is 0 Å². The zero-order valence-corrected chi connectivity index (χ0v) is 13.2. The number of hydrogen-bond acceptors (Lipinski definition) is 1. The fourth-order valence-corrected chi connectivity index (χ4v) is 2.22. The van der Waals surface area contributed by atoms with E-state index in [1.165, 1.54) is 16.7 Å². The van der Waals surface area contributed by atoms with Crippen LogP contribution < -0.4 is 10.6 Å². The largest absolute Gasteiger partial charge is 0.359 e. The first kappa shape index (κ1) is 15.7. The van der Waals surface area contributed by atoms with E-state index in [-0.39, 0.29) is 0 Å². The molecule has 104 valence electrons. The lowest BCUT2D eigenvalue weighted by Crippen LogP contribution is -2.30. The highest BCUT2D eigenvalue weighted by molar-refractivity contribution is 7.80. The Bertz CT molecular complexity index is 453. The Balaban J connectivity index is 2.92. The van der Waals surface area contributed by atoms with Gasteiger partial charge in [0.15, 0.2) is 5.11 Å². The molecule has 0 unspecified atom stereocenters. The minimum absolute atomic E-state index is 0.663. The second-order valence-corrected chi connectivity index (χ2v) is 5.34. The van der Waals surface area contributed by atoms with Crippen molar-refractivity contribution in [3.8, 4) is 0 Å². The van der Waals surface area contributed by atoms with Crippen LogP contribution in [0.25, 0.3) is 0 Å². The Morgan fingerprint density at radius 2 is 1.74 bits per heavy atom. The molecule has 0 aromatic heterocycles. The molecule has 0 amide bonds. The monoisotopic (exact) mass is 276 g/mol. The molecule has 0 aliphatic rings. The number of thiocarbonyl (C=S) groups is 1. The lowest BCUT2D eigenvalue weighted by Gasteiger charge is -2.18. The molecule has 1 rings (SSSR count). The molecule has 0 saturated heterocycles. The third-order valence-electron chi connectivity index (χ3n) is 3.00. The van der Waals surface area contributed by atoms with Gasteiger partial charge in [0.25, 0.3) is 0 Å². The summed E-state index contributed by atoms with van der Waals surface area (Å²) in [6.45, 7) is 13.0. The minimum atomic E-state index is 0.663. The number of benzene rings is 1. The SMILES string of the molecule is C=C(C)CNC(=S)Nc1c(CC)cc(C)cc1CC. The Morgan fingerprint density at radius 1 is 1.21 bits per heavy atom. The van der Waals surface area contributed by atoms with Gasteiger partial charge in [-0.1, -0.05) is 43.7 Å². The average molecular weight is 276 g/mol. The summed E-state index contributed by atoms with van der Waals surface area (Å²) in [5, 5.41) is 7.17. The van der Waals surface area contributed by atoms with E-state index < -0.39 is 0 Å². The molecule has 0 heterocycles. The molecule has 1 aromatic carbocycles. The third kappa shape index (κ3) is 4.67. The summed E-state index contributed by atoms with van der Waals surface area (Å²) in [7, 11) is 0.